The van der Waals surface area contributed by atoms with Gasteiger partial charge in [-0.05, 0) is 52.3 Å². The van der Waals surface area contributed by atoms with Crippen LogP contribution in [0.2, 0.25) is 0 Å². The fourth-order valence-electron chi connectivity index (χ4n) is 1.38. The molecule has 0 radical (unpaired) electrons. The molecule has 4 N–H and O–H groups in total. The third-order valence-corrected chi connectivity index (χ3v) is 2.94. The number of carbonyl (C=O) groups is 1. The minimum atomic E-state index is -0.224. The second-order valence-electron chi connectivity index (χ2n) is 3.51. The molecule has 0 aliphatic rings. The Morgan fingerprint density at radius 3 is 2.56 bits per heavy atom. The highest BCUT2D eigenvalue weighted by molar-refractivity contribution is 9.10. The van der Waals surface area contributed by atoms with E-state index in [1.54, 1.807) is 36.5 Å². The number of halogens is 1. The van der Waals surface area contributed by atoms with Gasteiger partial charge in [-0.15, -0.1) is 0 Å². The molecule has 1 heterocycles. The molecule has 0 spiro atoms. The quantitative estimate of drug-likeness (QED) is 0.601. The minimum Gasteiger partial charge on any atom is -0.324 e. The summed E-state index contributed by atoms with van der Waals surface area (Å²) in [6.45, 7) is 0. The number of nitrogens with two attached hydrogens (primary N) is 1. The second kappa shape index (κ2) is 5.61. The van der Waals surface area contributed by atoms with Crippen LogP contribution in [0.4, 0.5) is 11.5 Å². The zero-order valence-corrected chi connectivity index (χ0v) is 10.9. The number of nitrogen functional groups attached to an aromatic ring is 1. The Morgan fingerprint density at radius 1 is 1.22 bits per heavy atom. The van der Waals surface area contributed by atoms with Crippen molar-refractivity contribution in [3.63, 3.8) is 0 Å². The van der Waals surface area contributed by atoms with Crippen LogP contribution in [0.15, 0.2) is 47.1 Å². The molecule has 0 unspecified atom stereocenters. The highest BCUT2D eigenvalue weighted by atomic mass is 79.9. The van der Waals surface area contributed by atoms with Crippen LogP contribution in [0.3, 0.4) is 0 Å². The van der Waals surface area contributed by atoms with Gasteiger partial charge in [0.25, 0.3) is 5.91 Å². The smallest absolute Gasteiger partial charge is 0.256 e. The lowest BCUT2D eigenvalue weighted by atomic mass is 10.2. The number of rotatable bonds is 3. The maximum Gasteiger partial charge on any atom is 0.256 e. The molecule has 0 aliphatic carbocycles. The molecule has 1 aromatic carbocycles. The topological polar surface area (TPSA) is 80.0 Å². The summed E-state index contributed by atoms with van der Waals surface area (Å²) in [6.07, 6.45) is 1.61. The number of pyridine rings is 1. The Kier molecular flexibility index (Phi) is 3.91. The second-order valence-corrected chi connectivity index (χ2v) is 4.36. The van der Waals surface area contributed by atoms with E-state index in [9.17, 15) is 4.79 Å². The van der Waals surface area contributed by atoms with Crippen LogP contribution < -0.4 is 16.6 Å². The van der Waals surface area contributed by atoms with Crippen molar-refractivity contribution >= 4 is 33.3 Å². The average molecular weight is 307 g/mol. The number of nitrogens with zero attached hydrogens (tertiary/aromatic N) is 1. The fourth-order valence-corrected chi connectivity index (χ4v) is 1.73. The van der Waals surface area contributed by atoms with Crippen LogP contribution in [0.1, 0.15) is 10.4 Å². The summed E-state index contributed by atoms with van der Waals surface area (Å²) in [5.74, 6) is 5.52. The van der Waals surface area contributed by atoms with Crippen molar-refractivity contribution in [3.05, 3.63) is 52.6 Å². The number of anilines is 2. The van der Waals surface area contributed by atoms with E-state index in [4.69, 9.17) is 5.84 Å². The summed E-state index contributed by atoms with van der Waals surface area (Å²) in [6, 6.07) is 10.4. The first-order valence-corrected chi connectivity index (χ1v) is 5.98. The predicted octanol–water partition coefficient (Wildman–Crippen LogP) is 2.38. The van der Waals surface area contributed by atoms with Gasteiger partial charge < -0.3 is 10.7 Å². The van der Waals surface area contributed by atoms with E-state index in [1.165, 1.54) is 0 Å². The molecule has 2 rings (SSSR count). The normalized spacial score (nSPS) is 9.89. The molecule has 0 atom stereocenters. The van der Waals surface area contributed by atoms with Gasteiger partial charge in [-0.1, -0.05) is 0 Å². The van der Waals surface area contributed by atoms with E-state index in [0.29, 0.717) is 11.4 Å². The van der Waals surface area contributed by atoms with Gasteiger partial charge in [0.15, 0.2) is 0 Å². The number of aromatic nitrogens is 1. The summed E-state index contributed by atoms with van der Waals surface area (Å²) >= 11 is 3.32. The SMILES string of the molecule is NNc1ccc(C(=O)Nc2ncccc2Br)cc1. The highest BCUT2D eigenvalue weighted by Gasteiger charge is 2.08. The first-order valence-electron chi connectivity index (χ1n) is 5.19. The van der Waals surface area contributed by atoms with Crippen LogP contribution in [0.5, 0.6) is 0 Å². The van der Waals surface area contributed by atoms with Gasteiger partial charge in [-0.3, -0.25) is 10.6 Å². The summed E-state index contributed by atoms with van der Waals surface area (Å²) in [5.41, 5.74) is 3.78. The standard InChI is InChI=1S/C12H11BrN4O/c13-10-2-1-7-15-11(10)16-12(18)8-3-5-9(17-14)6-4-8/h1-7,17H,14H2,(H,15,16,18). The first-order chi connectivity index (χ1) is 8.70. The lowest BCUT2D eigenvalue weighted by Gasteiger charge is -2.06. The average Bonchev–Trinajstić information content (AvgIpc) is 2.41. The maximum absolute atomic E-state index is 11.9. The third-order valence-electron chi connectivity index (χ3n) is 2.30. The van der Waals surface area contributed by atoms with Gasteiger partial charge in [0.2, 0.25) is 0 Å². The van der Waals surface area contributed by atoms with Crippen LogP contribution in [0.25, 0.3) is 0 Å². The molecule has 92 valence electrons. The number of hydrogen-bond acceptors (Lipinski definition) is 4. The van der Waals surface area contributed by atoms with Gasteiger partial charge >= 0.3 is 0 Å². The number of amides is 1. The number of benzene rings is 1. The number of hydrazine groups is 1. The molecule has 5 nitrogen and oxygen atoms in total. The molecule has 0 bridgehead atoms. The Bertz CT molecular complexity index is 556. The number of carbonyl (C=O) groups excluding carboxylic acids is 1. The molecule has 0 aliphatic heterocycles. The van der Waals surface area contributed by atoms with Crippen molar-refractivity contribution < 1.29 is 4.79 Å². The van der Waals surface area contributed by atoms with Crippen molar-refractivity contribution in [1.82, 2.24) is 4.98 Å². The molecule has 0 saturated carbocycles. The van der Waals surface area contributed by atoms with Gasteiger partial charge in [-0.25, -0.2) is 4.98 Å². The molecule has 18 heavy (non-hydrogen) atoms. The van der Waals surface area contributed by atoms with E-state index in [-0.39, 0.29) is 5.91 Å². The Balaban J connectivity index is 2.14. The first kappa shape index (κ1) is 12.5. The van der Waals surface area contributed by atoms with Crippen molar-refractivity contribution in [2.75, 3.05) is 10.7 Å². The Morgan fingerprint density at radius 2 is 1.94 bits per heavy atom. The number of nitrogens with one attached hydrogen (secondary N) is 2. The van der Waals surface area contributed by atoms with Crippen LogP contribution in [0, 0.1) is 0 Å². The zero-order valence-electron chi connectivity index (χ0n) is 9.35. The van der Waals surface area contributed by atoms with Crippen molar-refractivity contribution in [3.8, 4) is 0 Å². The maximum atomic E-state index is 11.9. The minimum absolute atomic E-state index is 0.224. The van der Waals surface area contributed by atoms with E-state index in [1.807, 2.05) is 6.07 Å². The van der Waals surface area contributed by atoms with Crippen molar-refractivity contribution in [2.24, 2.45) is 5.84 Å². The molecular weight excluding hydrogens is 296 g/mol. The molecule has 0 fully saturated rings. The molecule has 2 aromatic rings. The third kappa shape index (κ3) is 2.85. The molecular formula is C12H11BrN4O. The Labute approximate surface area is 113 Å². The van der Waals surface area contributed by atoms with Crippen molar-refractivity contribution in [1.29, 1.82) is 0 Å². The monoisotopic (exact) mass is 306 g/mol. The zero-order chi connectivity index (χ0) is 13.0. The Hall–Kier alpha value is -1.92. The van der Waals surface area contributed by atoms with E-state index in [2.05, 4.69) is 31.7 Å². The summed E-state index contributed by atoms with van der Waals surface area (Å²) < 4.78 is 0.735. The van der Waals surface area contributed by atoms with Gasteiger partial charge in [0.1, 0.15) is 5.82 Å². The van der Waals surface area contributed by atoms with Gasteiger partial charge in [-0.2, -0.15) is 0 Å². The largest absolute Gasteiger partial charge is 0.324 e. The summed E-state index contributed by atoms with van der Waals surface area (Å²) in [7, 11) is 0. The molecule has 1 aromatic heterocycles. The van der Waals surface area contributed by atoms with E-state index in [0.717, 1.165) is 10.2 Å². The molecule has 6 heteroatoms. The van der Waals surface area contributed by atoms with E-state index < -0.39 is 0 Å². The predicted molar refractivity (Wildman–Crippen MR) is 74.1 cm³/mol. The lowest BCUT2D eigenvalue weighted by Crippen LogP contribution is -2.13. The van der Waals surface area contributed by atoms with Crippen LogP contribution in [-0.2, 0) is 0 Å². The molecule has 0 saturated heterocycles. The van der Waals surface area contributed by atoms with Crippen LogP contribution in [-0.4, -0.2) is 10.9 Å². The summed E-state index contributed by atoms with van der Waals surface area (Å²) in [5, 5.41) is 2.72. The lowest BCUT2D eigenvalue weighted by molar-refractivity contribution is 0.102. The summed E-state index contributed by atoms with van der Waals surface area (Å²) in [4.78, 5) is 16.0. The van der Waals surface area contributed by atoms with Crippen LogP contribution >= 0.6 is 15.9 Å². The molecule has 1 amide bonds. The van der Waals surface area contributed by atoms with Gasteiger partial charge in [0, 0.05) is 17.4 Å². The van der Waals surface area contributed by atoms with Crippen molar-refractivity contribution in [2.45, 2.75) is 0 Å². The highest BCUT2D eigenvalue weighted by Crippen LogP contribution is 2.19. The van der Waals surface area contributed by atoms with Gasteiger partial charge in [0.05, 0.1) is 4.47 Å². The number of hydrogen-bond donors (Lipinski definition) is 3. The fraction of sp³-hybridized carbons (Fsp3) is 0. The van der Waals surface area contributed by atoms with E-state index >= 15 is 0 Å².